The number of esters is 1. The van der Waals surface area contributed by atoms with E-state index in [0.717, 1.165) is 19.3 Å². The van der Waals surface area contributed by atoms with Gasteiger partial charge in [-0.05, 0) is 6.42 Å². The molecule has 0 aromatic carbocycles. The van der Waals surface area contributed by atoms with Crippen LogP contribution < -0.4 is 0 Å². The Morgan fingerprint density at radius 1 is 0.741 bits per heavy atom. The molecule has 1 unspecified atom stereocenters. The van der Waals surface area contributed by atoms with Crippen molar-refractivity contribution in [1.82, 2.24) is 0 Å². The zero-order chi connectivity index (χ0) is 20.5. The Bertz CT molecular complexity index is 436. The fourth-order valence-corrected chi connectivity index (χ4v) is 2.88. The van der Waals surface area contributed by atoms with Gasteiger partial charge in [-0.15, -0.1) is 0 Å². The molecule has 27 heavy (non-hydrogen) atoms. The topological polar surface area (TPSA) is 121 Å². The molecule has 0 aliphatic carbocycles. The van der Waals surface area contributed by atoms with Crippen LogP contribution in [-0.2, 0) is 19.1 Å². The number of ether oxygens (including phenoxy) is 1. The van der Waals surface area contributed by atoms with E-state index in [2.05, 4.69) is 6.92 Å². The van der Waals surface area contributed by atoms with Crippen LogP contribution in [0.2, 0.25) is 0 Å². The molecule has 0 aromatic rings. The molecule has 0 rings (SSSR count). The third-order valence-electron chi connectivity index (χ3n) is 4.54. The molecule has 0 spiro atoms. The molecule has 0 amide bonds. The van der Waals surface area contributed by atoms with Gasteiger partial charge in [0.1, 0.15) is 0 Å². The summed E-state index contributed by atoms with van der Waals surface area (Å²) in [4.78, 5) is 33.2. The Labute approximate surface area is 162 Å². The van der Waals surface area contributed by atoms with Crippen molar-refractivity contribution >= 4 is 17.9 Å². The maximum absolute atomic E-state index is 11.6. The Hall–Kier alpha value is -1.63. The first-order valence-electron chi connectivity index (χ1n) is 10.1. The van der Waals surface area contributed by atoms with Crippen LogP contribution in [0, 0.1) is 0 Å². The van der Waals surface area contributed by atoms with E-state index in [1.807, 2.05) is 0 Å². The van der Waals surface area contributed by atoms with Crippen molar-refractivity contribution in [3.05, 3.63) is 0 Å². The third kappa shape index (κ3) is 14.1. The number of carboxylic acid groups (broad SMARTS) is 2. The van der Waals surface area contributed by atoms with Crippen LogP contribution in [0.4, 0.5) is 0 Å². The predicted molar refractivity (Wildman–Crippen MR) is 101 cm³/mol. The second-order valence-electron chi connectivity index (χ2n) is 7.19. The summed E-state index contributed by atoms with van der Waals surface area (Å²) in [5.74, 6) is -4.13. The first kappa shape index (κ1) is 25.4. The third-order valence-corrected chi connectivity index (χ3v) is 4.54. The van der Waals surface area contributed by atoms with Gasteiger partial charge in [-0.25, -0.2) is 4.79 Å². The Morgan fingerprint density at radius 3 is 1.59 bits per heavy atom. The molecule has 0 heterocycles. The minimum absolute atomic E-state index is 0.152. The number of hydrogen-bond acceptors (Lipinski definition) is 5. The van der Waals surface area contributed by atoms with Gasteiger partial charge < -0.3 is 20.1 Å². The molecule has 3 N–H and O–H groups in total. The minimum Gasteiger partial charge on any atom is -0.481 e. The Balaban J connectivity index is 3.63. The van der Waals surface area contributed by atoms with E-state index in [1.54, 1.807) is 0 Å². The zero-order valence-corrected chi connectivity index (χ0v) is 16.6. The molecule has 0 aliphatic rings. The van der Waals surface area contributed by atoms with Crippen LogP contribution in [0.5, 0.6) is 0 Å². The van der Waals surface area contributed by atoms with E-state index < -0.39 is 36.4 Å². The van der Waals surface area contributed by atoms with Crippen molar-refractivity contribution in [2.75, 3.05) is 6.61 Å². The molecular formula is C20H36O7. The van der Waals surface area contributed by atoms with E-state index in [0.29, 0.717) is 6.42 Å². The van der Waals surface area contributed by atoms with Gasteiger partial charge in [0.2, 0.25) is 0 Å². The van der Waals surface area contributed by atoms with Crippen molar-refractivity contribution in [1.29, 1.82) is 0 Å². The average Bonchev–Trinajstić information content (AvgIpc) is 2.58. The predicted octanol–water partition coefficient (Wildman–Crippen LogP) is 3.91. The summed E-state index contributed by atoms with van der Waals surface area (Å²) in [6.07, 6.45) is 12.3. The van der Waals surface area contributed by atoms with Gasteiger partial charge in [0.05, 0.1) is 19.4 Å². The van der Waals surface area contributed by atoms with E-state index in [4.69, 9.17) is 14.9 Å². The van der Waals surface area contributed by atoms with Crippen molar-refractivity contribution in [3.8, 4) is 0 Å². The van der Waals surface area contributed by atoms with Gasteiger partial charge in [-0.1, -0.05) is 77.6 Å². The molecule has 7 heteroatoms. The quantitative estimate of drug-likeness (QED) is 0.240. The number of hydrogen-bond donors (Lipinski definition) is 3. The molecule has 0 radical (unpaired) electrons. The maximum Gasteiger partial charge on any atom is 0.336 e. The standard InChI is InChI=1S/C20H36O7/c1-2-3-4-5-6-7-8-9-10-11-12-13-14-27-18(23)16-20(26,19(24)25)15-17(21)22/h26H,2-16H2,1H3,(H,21,22)(H,24,25). The highest BCUT2D eigenvalue weighted by Crippen LogP contribution is 2.17. The summed E-state index contributed by atoms with van der Waals surface area (Å²) in [7, 11) is 0. The maximum atomic E-state index is 11.6. The first-order chi connectivity index (χ1) is 12.8. The first-order valence-corrected chi connectivity index (χ1v) is 10.1. The highest BCUT2D eigenvalue weighted by molar-refractivity contribution is 5.88. The summed E-state index contributed by atoms with van der Waals surface area (Å²) >= 11 is 0. The fourth-order valence-electron chi connectivity index (χ4n) is 2.88. The number of aliphatic carboxylic acids is 2. The van der Waals surface area contributed by atoms with E-state index >= 15 is 0 Å². The van der Waals surface area contributed by atoms with E-state index in [9.17, 15) is 19.5 Å². The highest BCUT2D eigenvalue weighted by atomic mass is 16.5. The van der Waals surface area contributed by atoms with Gasteiger partial charge in [0, 0.05) is 0 Å². The smallest absolute Gasteiger partial charge is 0.336 e. The Morgan fingerprint density at radius 2 is 1.19 bits per heavy atom. The van der Waals surface area contributed by atoms with Gasteiger partial charge in [-0.3, -0.25) is 9.59 Å². The summed E-state index contributed by atoms with van der Waals surface area (Å²) in [5, 5.41) is 27.3. The number of carbonyl (C=O) groups is 3. The monoisotopic (exact) mass is 388 g/mol. The van der Waals surface area contributed by atoms with Gasteiger partial charge in [-0.2, -0.15) is 0 Å². The SMILES string of the molecule is CCCCCCCCCCCCCCOC(=O)CC(O)(CC(=O)O)C(=O)O. The number of rotatable bonds is 18. The second-order valence-corrected chi connectivity index (χ2v) is 7.19. The summed E-state index contributed by atoms with van der Waals surface area (Å²) in [5.41, 5.74) is -2.63. The van der Waals surface area contributed by atoms with Gasteiger partial charge >= 0.3 is 17.9 Å². The summed E-state index contributed by atoms with van der Waals surface area (Å²) < 4.78 is 4.91. The molecule has 0 saturated carbocycles. The van der Waals surface area contributed by atoms with Gasteiger partial charge in [0.25, 0.3) is 0 Å². The lowest BCUT2D eigenvalue weighted by Gasteiger charge is -2.20. The average molecular weight is 389 g/mol. The summed E-state index contributed by atoms with van der Waals surface area (Å²) in [6.45, 7) is 2.37. The zero-order valence-electron chi connectivity index (χ0n) is 16.6. The Kier molecular flexibility index (Phi) is 14.5. The van der Waals surface area contributed by atoms with E-state index in [-0.39, 0.29) is 6.61 Å². The second kappa shape index (κ2) is 15.4. The fraction of sp³-hybridized carbons (Fsp3) is 0.850. The lowest BCUT2D eigenvalue weighted by molar-refractivity contribution is -0.172. The van der Waals surface area contributed by atoms with Crippen molar-refractivity contribution in [2.24, 2.45) is 0 Å². The van der Waals surface area contributed by atoms with Crippen LogP contribution in [0.1, 0.15) is 96.8 Å². The van der Waals surface area contributed by atoms with Crippen molar-refractivity contribution in [3.63, 3.8) is 0 Å². The van der Waals surface area contributed by atoms with Crippen molar-refractivity contribution in [2.45, 2.75) is 102 Å². The van der Waals surface area contributed by atoms with Crippen LogP contribution in [-0.4, -0.2) is 45.4 Å². The van der Waals surface area contributed by atoms with Crippen LogP contribution in [0.15, 0.2) is 0 Å². The number of aliphatic hydroxyl groups is 1. The lowest BCUT2D eigenvalue weighted by atomic mass is 9.96. The lowest BCUT2D eigenvalue weighted by Crippen LogP contribution is -2.43. The molecule has 0 fully saturated rings. The molecule has 0 bridgehead atoms. The molecule has 7 nitrogen and oxygen atoms in total. The number of carbonyl (C=O) groups excluding carboxylic acids is 1. The normalized spacial score (nSPS) is 13.1. The minimum atomic E-state index is -2.63. The number of carboxylic acids is 2. The molecule has 1 atom stereocenters. The largest absolute Gasteiger partial charge is 0.481 e. The van der Waals surface area contributed by atoms with Crippen LogP contribution in [0.25, 0.3) is 0 Å². The molecule has 0 saturated heterocycles. The van der Waals surface area contributed by atoms with Crippen molar-refractivity contribution < 1.29 is 34.4 Å². The van der Waals surface area contributed by atoms with E-state index in [1.165, 1.54) is 51.4 Å². The van der Waals surface area contributed by atoms with Crippen LogP contribution in [0.3, 0.4) is 0 Å². The number of unbranched alkanes of at least 4 members (excludes halogenated alkanes) is 11. The van der Waals surface area contributed by atoms with Crippen LogP contribution >= 0.6 is 0 Å². The molecule has 158 valence electrons. The summed E-state index contributed by atoms with van der Waals surface area (Å²) in [6, 6.07) is 0. The van der Waals surface area contributed by atoms with Gasteiger partial charge in [0.15, 0.2) is 5.60 Å². The molecule has 0 aromatic heterocycles. The molecule has 0 aliphatic heterocycles. The molecular weight excluding hydrogens is 352 g/mol. The highest BCUT2D eigenvalue weighted by Gasteiger charge is 2.41.